The number of ether oxygens (including phenoxy) is 1. The number of allylic oxidation sites excluding steroid dienone is 1. The maximum absolute atomic E-state index is 12.8. The molecule has 1 atom stereocenters. The minimum atomic E-state index is -0.565. The average Bonchev–Trinajstić information content (AvgIpc) is 2.61. The Hall–Kier alpha value is -2.61. The fourth-order valence-corrected chi connectivity index (χ4v) is 3.60. The van der Waals surface area contributed by atoms with E-state index in [-0.39, 0.29) is 12.2 Å². The van der Waals surface area contributed by atoms with Crippen LogP contribution >= 0.6 is 11.8 Å². The summed E-state index contributed by atoms with van der Waals surface area (Å²) in [6, 6.07) is 3.58. The van der Waals surface area contributed by atoms with Gasteiger partial charge in [-0.2, -0.15) is 0 Å². The van der Waals surface area contributed by atoms with Crippen molar-refractivity contribution in [1.29, 1.82) is 0 Å². The summed E-state index contributed by atoms with van der Waals surface area (Å²) >= 11 is 1.45. The van der Waals surface area contributed by atoms with Crippen molar-refractivity contribution in [2.75, 3.05) is 17.7 Å². The third kappa shape index (κ3) is 3.37. The highest BCUT2D eigenvalue weighted by molar-refractivity contribution is 7.99. The van der Waals surface area contributed by atoms with Gasteiger partial charge in [-0.1, -0.05) is 18.7 Å². The molecule has 1 aliphatic heterocycles. The number of anilines is 1. The smallest absolute Gasteiger partial charge is 0.336 e. The molecule has 0 unspecified atom stereocenters. The molecule has 0 fully saturated rings. The molecule has 2 N–H and O–H groups in total. The lowest BCUT2D eigenvalue weighted by atomic mass is 9.83. The van der Waals surface area contributed by atoms with Crippen molar-refractivity contribution in [1.82, 2.24) is 15.0 Å². The summed E-state index contributed by atoms with van der Waals surface area (Å²) in [6.45, 7) is 5.79. The molecule has 0 aromatic carbocycles. The second-order valence-corrected chi connectivity index (χ2v) is 6.92. The number of H-pyrrole nitrogens is 1. The molecule has 2 aromatic heterocycles. The van der Waals surface area contributed by atoms with Crippen LogP contribution in [0.15, 0.2) is 45.7 Å². The predicted molar refractivity (Wildman–Crippen MR) is 100 cm³/mol. The topological polar surface area (TPSA) is 97.0 Å². The molecule has 0 aliphatic carbocycles. The largest absolute Gasteiger partial charge is 0.463 e. The highest BCUT2D eigenvalue weighted by Crippen LogP contribution is 2.39. The summed E-state index contributed by atoms with van der Waals surface area (Å²) in [6.07, 6.45) is 3.27. The molecule has 26 heavy (non-hydrogen) atoms. The highest BCUT2D eigenvalue weighted by Gasteiger charge is 2.36. The molecule has 0 amide bonds. The summed E-state index contributed by atoms with van der Waals surface area (Å²) < 4.78 is 5.23. The Bertz CT molecular complexity index is 908. The van der Waals surface area contributed by atoms with E-state index in [1.165, 1.54) is 11.8 Å². The Morgan fingerprint density at radius 1 is 1.31 bits per heavy atom. The molecule has 0 saturated heterocycles. The Morgan fingerprint density at radius 3 is 2.69 bits per heavy atom. The summed E-state index contributed by atoms with van der Waals surface area (Å²) in [7, 11) is 0. The van der Waals surface area contributed by atoms with Crippen molar-refractivity contribution >= 4 is 23.5 Å². The van der Waals surface area contributed by atoms with Crippen molar-refractivity contribution < 1.29 is 9.53 Å². The normalized spacial score (nSPS) is 16.0. The van der Waals surface area contributed by atoms with E-state index >= 15 is 0 Å². The van der Waals surface area contributed by atoms with E-state index in [4.69, 9.17) is 4.74 Å². The van der Waals surface area contributed by atoms with Gasteiger partial charge in [0.15, 0.2) is 5.16 Å². The molecule has 0 spiro atoms. The van der Waals surface area contributed by atoms with Gasteiger partial charge in [0, 0.05) is 18.1 Å². The number of hydrogen-bond donors (Lipinski definition) is 2. The maximum atomic E-state index is 12.8. The molecular weight excluding hydrogens is 352 g/mol. The zero-order valence-corrected chi connectivity index (χ0v) is 15.6. The van der Waals surface area contributed by atoms with E-state index < -0.39 is 11.9 Å². The first kappa shape index (κ1) is 18.2. The Kier molecular flexibility index (Phi) is 5.41. The standard InChI is InChI=1S/C18H20N4O3S/c1-4-25-17(24)12-10(3)20-15-14(13(12)11-6-8-19-9-7-11)16(23)22-18(21-15)26-5-2/h6-9,13H,4-5H2,1-3H3,(H2,20,21,22,23)/t13-/m0/s1. The predicted octanol–water partition coefficient (Wildman–Crippen LogP) is 2.67. The first-order chi connectivity index (χ1) is 12.6. The quantitative estimate of drug-likeness (QED) is 0.473. The Balaban J connectivity index is 2.22. The van der Waals surface area contributed by atoms with Gasteiger partial charge < -0.3 is 15.0 Å². The van der Waals surface area contributed by atoms with Crippen LogP contribution in [-0.4, -0.2) is 33.3 Å². The molecule has 3 rings (SSSR count). The van der Waals surface area contributed by atoms with Crippen molar-refractivity contribution in [2.24, 2.45) is 0 Å². The van der Waals surface area contributed by atoms with Gasteiger partial charge in [-0.15, -0.1) is 0 Å². The first-order valence-corrected chi connectivity index (χ1v) is 9.37. The molecular formula is C18H20N4O3S. The Labute approximate surface area is 155 Å². The number of rotatable bonds is 5. The lowest BCUT2D eigenvalue weighted by Gasteiger charge is -2.28. The minimum absolute atomic E-state index is 0.256. The molecule has 7 nitrogen and oxygen atoms in total. The van der Waals surface area contributed by atoms with E-state index in [1.54, 1.807) is 38.4 Å². The van der Waals surface area contributed by atoms with Crippen molar-refractivity contribution in [3.63, 3.8) is 0 Å². The molecule has 0 bridgehead atoms. The monoisotopic (exact) mass is 372 g/mol. The van der Waals surface area contributed by atoms with Crippen molar-refractivity contribution in [3.8, 4) is 0 Å². The SMILES string of the molecule is CCOC(=O)C1=C(C)Nc2nc(SCC)[nH]c(=O)c2[C@H]1c1ccncc1. The van der Waals surface area contributed by atoms with Gasteiger partial charge in [-0.05, 0) is 37.3 Å². The van der Waals surface area contributed by atoms with Crippen LogP contribution in [0.1, 0.15) is 37.8 Å². The average molecular weight is 372 g/mol. The minimum Gasteiger partial charge on any atom is -0.463 e. The second kappa shape index (κ2) is 7.74. The molecule has 0 saturated carbocycles. The zero-order chi connectivity index (χ0) is 18.7. The van der Waals surface area contributed by atoms with Crippen LogP contribution in [0.25, 0.3) is 0 Å². The van der Waals surface area contributed by atoms with Gasteiger partial charge in [0.05, 0.1) is 23.7 Å². The fraction of sp³-hybridized carbons (Fsp3) is 0.333. The van der Waals surface area contributed by atoms with Gasteiger partial charge in [0.1, 0.15) is 5.82 Å². The molecule has 3 heterocycles. The van der Waals surface area contributed by atoms with Crippen LogP contribution in [0.3, 0.4) is 0 Å². The number of carbonyl (C=O) groups excluding carboxylic acids is 1. The van der Waals surface area contributed by atoms with E-state index in [0.29, 0.717) is 27.8 Å². The molecule has 136 valence electrons. The van der Waals surface area contributed by atoms with Crippen LogP contribution in [-0.2, 0) is 9.53 Å². The van der Waals surface area contributed by atoms with Gasteiger partial charge in [-0.25, -0.2) is 9.78 Å². The maximum Gasteiger partial charge on any atom is 0.336 e. The first-order valence-electron chi connectivity index (χ1n) is 8.38. The van der Waals surface area contributed by atoms with Crippen molar-refractivity contribution in [3.05, 3.63) is 57.3 Å². The number of fused-ring (bicyclic) bond motifs is 1. The summed E-state index contributed by atoms with van der Waals surface area (Å²) in [5.41, 5.74) is 1.96. The van der Waals surface area contributed by atoms with Gasteiger partial charge in [-0.3, -0.25) is 9.78 Å². The third-order valence-corrected chi connectivity index (χ3v) is 4.79. The lowest BCUT2D eigenvalue weighted by Crippen LogP contribution is -2.31. The molecule has 8 heteroatoms. The summed E-state index contributed by atoms with van der Waals surface area (Å²) in [5, 5.41) is 3.65. The van der Waals surface area contributed by atoms with Crippen LogP contribution in [0.5, 0.6) is 0 Å². The molecule has 0 radical (unpaired) electrons. The van der Waals surface area contributed by atoms with E-state index in [0.717, 1.165) is 11.3 Å². The Morgan fingerprint density at radius 2 is 2.04 bits per heavy atom. The number of thioether (sulfide) groups is 1. The van der Waals surface area contributed by atoms with E-state index in [2.05, 4.69) is 20.3 Å². The number of hydrogen-bond acceptors (Lipinski definition) is 7. The fourth-order valence-electron chi connectivity index (χ4n) is 3.00. The number of pyridine rings is 1. The number of nitrogens with one attached hydrogen (secondary N) is 2. The summed E-state index contributed by atoms with van der Waals surface area (Å²) in [4.78, 5) is 36.8. The van der Waals surface area contributed by atoms with Crippen LogP contribution in [0, 0.1) is 0 Å². The molecule has 1 aliphatic rings. The number of aromatic nitrogens is 3. The van der Waals surface area contributed by atoms with Crippen LogP contribution in [0.2, 0.25) is 0 Å². The number of aromatic amines is 1. The van der Waals surface area contributed by atoms with Gasteiger partial charge in [0.2, 0.25) is 0 Å². The van der Waals surface area contributed by atoms with Crippen LogP contribution in [0.4, 0.5) is 5.82 Å². The summed E-state index contributed by atoms with van der Waals surface area (Å²) in [5.74, 6) is 0.247. The second-order valence-electron chi connectivity index (χ2n) is 5.66. The van der Waals surface area contributed by atoms with Gasteiger partial charge >= 0.3 is 5.97 Å². The lowest BCUT2D eigenvalue weighted by molar-refractivity contribution is -0.138. The third-order valence-electron chi connectivity index (χ3n) is 4.04. The zero-order valence-electron chi connectivity index (χ0n) is 14.8. The van der Waals surface area contributed by atoms with Gasteiger partial charge in [0.25, 0.3) is 5.56 Å². The van der Waals surface area contributed by atoms with Crippen LogP contribution < -0.4 is 10.9 Å². The van der Waals surface area contributed by atoms with Crippen molar-refractivity contribution in [2.45, 2.75) is 31.8 Å². The number of nitrogens with zero attached hydrogens (tertiary/aromatic N) is 2. The number of carbonyl (C=O) groups is 1. The number of esters is 1. The van der Waals surface area contributed by atoms with E-state index in [9.17, 15) is 9.59 Å². The highest BCUT2D eigenvalue weighted by atomic mass is 32.2. The van der Waals surface area contributed by atoms with E-state index in [1.807, 2.05) is 6.92 Å². The molecule has 2 aromatic rings.